The highest BCUT2D eigenvalue weighted by atomic mass is 16.6. The highest BCUT2D eigenvalue weighted by Crippen LogP contribution is 2.15. The smallest absolute Gasteiger partial charge is 0.306 e. The molecule has 0 saturated heterocycles. The zero-order valence-corrected chi connectivity index (χ0v) is 53.9. The van der Waals surface area contributed by atoms with E-state index in [4.69, 9.17) is 14.2 Å². The van der Waals surface area contributed by atoms with Gasteiger partial charge in [-0.15, -0.1) is 0 Å². The Morgan fingerprint density at radius 2 is 0.470 bits per heavy atom. The number of ether oxygens (including phenoxy) is 3. The van der Waals surface area contributed by atoms with Crippen LogP contribution < -0.4 is 0 Å². The molecule has 0 aromatic carbocycles. The first-order valence-corrected chi connectivity index (χ1v) is 34.3. The van der Waals surface area contributed by atoms with Crippen molar-refractivity contribution in [3.8, 4) is 0 Å². The molecule has 83 heavy (non-hydrogen) atoms. The number of hydrogen-bond donors (Lipinski definition) is 0. The molecule has 0 fully saturated rings. The van der Waals surface area contributed by atoms with Crippen LogP contribution in [0.1, 0.15) is 303 Å². The maximum absolute atomic E-state index is 13.0. The maximum Gasteiger partial charge on any atom is 0.306 e. The van der Waals surface area contributed by atoms with E-state index in [0.717, 1.165) is 154 Å². The van der Waals surface area contributed by atoms with Crippen LogP contribution in [-0.2, 0) is 28.6 Å². The zero-order valence-electron chi connectivity index (χ0n) is 53.9. The van der Waals surface area contributed by atoms with Crippen molar-refractivity contribution in [2.75, 3.05) is 13.2 Å². The summed E-state index contributed by atoms with van der Waals surface area (Å²) in [6, 6.07) is 0. The molecule has 0 spiro atoms. The highest BCUT2D eigenvalue weighted by Gasteiger charge is 2.19. The van der Waals surface area contributed by atoms with Gasteiger partial charge in [-0.25, -0.2) is 0 Å². The van der Waals surface area contributed by atoms with Crippen LogP contribution in [0.3, 0.4) is 0 Å². The Morgan fingerprint density at radius 3 is 0.735 bits per heavy atom. The first-order valence-electron chi connectivity index (χ1n) is 34.3. The predicted molar refractivity (Wildman–Crippen MR) is 362 cm³/mol. The Bertz CT molecular complexity index is 1800. The summed E-state index contributed by atoms with van der Waals surface area (Å²) in [6.07, 6.45) is 99.9. The molecular weight excluding hydrogens is 1020 g/mol. The van der Waals surface area contributed by atoms with Gasteiger partial charge in [0.15, 0.2) is 6.10 Å². The van der Waals surface area contributed by atoms with Crippen molar-refractivity contribution in [1.29, 1.82) is 0 Å². The summed E-state index contributed by atoms with van der Waals surface area (Å²) >= 11 is 0. The summed E-state index contributed by atoms with van der Waals surface area (Å²) in [6.45, 7) is 6.39. The number of rotatable bonds is 61. The lowest BCUT2D eigenvalue weighted by atomic mass is 10.1. The third kappa shape index (κ3) is 68.0. The van der Waals surface area contributed by atoms with Crippen LogP contribution in [-0.4, -0.2) is 37.2 Å². The van der Waals surface area contributed by atoms with Crippen LogP contribution in [0.4, 0.5) is 0 Å². The quantitative estimate of drug-likeness (QED) is 0.0261. The van der Waals surface area contributed by atoms with E-state index in [1.54, 1.807) is 0 Å². The molecule has 0 aromatic heterocycles. The first kappa shape index (κ1) is 78.3. The van der Waals surface area contributed by atoms with E-state index in [1.165, 1.54) is 109 Å². The summed E-state index contributed by atoms with van der Waals surface area (Å²) in [5, 5.41) is 0. The van der Waals surface area contributed by atoms with Gasteiger partial charge in [0.05, 0.1) is 0 Å². The summed E-state index contributed by atoms with van der Waals surface area (Å²) in [4.78, 5) is 38.5. The van der Waals surface area contributed by atoms with Gasteiger partial charge < -0.3 is 14.2 Å². The van der Waals surface area contributed by atoms with Crippen LogP contribution in [0, 0.1) is 0 Å². The molecule has 6 nitrogen and oxygen atoms in total. The number of carbonyl (C=O) groups excluding carboxylic acids is 3. The number of carbonyl (C=O) groups is 3. The molecule has 0 saturated carbocycles. The van der Waals surface area contributed by atoms with Gasteiger partial charge in [0, 0.05) is 19.3 Å². The van der Waals surface area contributed by atoms with E-state index in [-0.39, 0.29) is 31.1 Å². The molecule has 0 heterocycles. The second-order valence-electron chi connectivity index (χ2n) is 22.3. The molecule has 0 aliphatic rings. The fourth-order valence-electron chi connectivity index (χ4n) is 9.23. The lowest BCUT2D eigenvalue weighted by Crippen LogP contribution is -2.30. The topological polar surface area (TPSA) is 78.9 Å². The van der Waals surface area contributed by atoms with Gasteiger partial charge in [0.25, 0.3) is 0 Å². The lowest BCUT2D eigenvalue weighted by molar-refractivity contribution is -0.167. The number of allylic oxidation sites excluding steroid dienone is 24. The Balaban J connectivity index is 4.44. The molecule has 1 unspecified atom stereocenters. The summed E-state index contributed by atoms with van der Waals surface area (Å²) in [7, 11) is 0. The van der Waals surface area contributed by atoms with Crippen LogP contribution in [0.2, 0.25) is 0 Å². The van der Waals surface area contributed by atoms with Gasteiger partial charge in [-0.1, -0.05) is 289 Å². The van der Waals surface area contributed by atoms with E-state index in [0.29, 0.717) is 19.3 Å². The molecule has 0 rings (SSSR count). The van der Waals surface area contributed by atoms with Crippen molar-refractivity contribution in [2.45, 2.75) is 309 Å². The minimum Gasteiger partial charge on any atom is -0.462 e. The van der Waals surface area contributed by atoms with E-state index >= 15 is 0 Å². The molecule has 0 N–H and O–H groups in total. The Morgan fingerprint density at radius 1 is 0.253 bits per heavy atom. The largest absolute Gasteiger partial charge is 0.462 e. The van der Waals surface area contributed by atoms with E-state index in [1.807, 2.05) is 0 Å². The van der Waals surface area contributed by atoms with Crippen molar-refractivity contribution < 1.29 is 28.6 Å². The molecule has 470 valence electrons. The van der Waals surface area contributed by atoms with Crippen LogP contribution >= 0.6 is 0 Å². The molecule has 0 bridgehead atoms. The Kier molecular flexibility index (Phi) is 65.8. The van der Waals surface area contributed by atoms with E-state index in [9.17, 15) is 14.4 Å². The number of hydrogen-bond acceptors (Lipinski definition) is 6. The summed E-state index contributed by atoms with van der Waals surface area (Å²) in [5.74, 6) is -0.921. The van der Waals surface area contributed by atoms with Gasteiger partial charge >= 0.3 is 17.9 Å². The van der Waals surface area contributed by atoms with Crippen LogP contribution in [0.15, 0.2) is 146 Å². The molecule has 0 aliphatic carbocycles. The number of esters is 3. The second kappa shape index (κ2) is 69.8. The highest BCUT2D eigenvalue weighted by molar-refractivity contribution is 5.71. The van der Waals surface area contributed by atoms with Gasteiger partial charge in [0.2, 0.25) is 0 Å². The van der Waals surface area contributed by atoms with Gasteiger partial charge in [-0.2, -0.15) is 0 Å². The Labute approximate surface area is 512 Å². The molecule has 0 radical (unpaired) electrons. The summed E-state index contributed by atoms with van der Waals surface area (Å²) in [5.41, 5.74) is 0. The fourth-order valence-corrected chi connectivity index (χ4v) is 9.23. The van der Waals surface area contributed by atoms with Crippen molar-refractivity contribution in [3.63, 3.8) is 0 Å². The third-order valence-corrected chi connectivity index (χ3v) is 14.3. The van der Waals surface area contributed by atoms with E-state index in [2.05, 4.69) is 167 Å². The molecule has 0 amide bonds. The van der Waals surface area contributed by atoms with Crippen LogP contribution in [0.25, 0.3) is 0 Å². The standard InChI is InChI=1S/C77H126O6/c1-4-7-10-13-16-19-22-25-28-31-33-35-36-37-38-39-40-42-43-46-49-52-55-58-61-64-67-70-76(79)82-73-74(72-81-75(78)69-66-63-60-57-54-51-48-45-30-27-24-21-18-15-12-9-6-3)83-77(80)71-68-65-62-59-56-53-50-47-44-41-34-32-29-26-23-20-17-14-11-8-5-2/h7,9-10,12,16,18-19,21,23,25-28,30,32-35,37-38,40,42,44,47,74H,4-6,8,11,13-15,17,20,22,24,29,31,36,39,41,43,45-46,48-73H2,1-3H3/b10-7-,12-9-,19-16-,21-18-,26-23-,28-25-,30-27-,34-32-,35-33-,38-37-,42-40-,47-44-. The number of unbranched alkanes of at least 4 members (excludes halogenated alkanes) is 26. The average Bonchev–Trinajstić information content (AvgIpc) is 3.49. The van der Waals surface area contributed by atoms with Crippen LogP contribution in [0.5, 0.6) is 0 Å². The zero-order chi connectivity index (χ0) is 59.9. The minimum atomic E-state index is -0.802. The normalized spacial score (nSPS) is 13.0. The lowest BCUT2D eigenvalue weighted by Gasteiger charge is -2.18. The van der Waals surface area contributed by atoms with Crippen molar-refractivity contribution in [2.24, 2.45) is 0 Å². The monoisotopic (exact) mass is 1150 g/mol. The molecular formula is C77H126O6. The van der Waals surface area contributed by atoms with Crippen molar-refractivity contribution in [3.05, 3.63) is 146 Å². The van der Waals surface area contributed by atoms with Crippen molar-refractivity contribution in [1.82, 2.24) is 0 Å². The maximum atomic E-state index is 13.0. The Hall–Kier alpha value is -4.71. The van der Waals surface area contributed by atoms with Gasteiger partial charge in [-0.3, -0.25) is 14.4 Å². The first-order chi connectivity index (χ1) is 41.0. The molecule has 0 aromatic rings. The van der Waals surface area contributed by atoms with Gasteiger partial charge in [-0.05, 0) is 141 Å². The summed E-state index contributed by atoms with van der Waals surface area (Å²) < 4.78 is 17.0. The average molecular weight is 1150 g/mol. The predicted octanol–water partition coefficient (Wildman–Crippen LogP) is 23.9. The minimum absolute atomic E-state index is 0.0956. The molecule has 1 atom stereocenters. The SMILES string of the molecule is CC/C=C\C/C=C\C/C=C\C/C=C\C/C=C\C/C=C\CCCCCCCCCCC(=O)OCC(COC(=O)CCCCCCCCC/C=C\C/C=C\C/C=C\CC)OC(=O)CCCCCCCC/C=C\C/C=C\C/C=C\CCCCCCC. The van der Waals surface area contributed by atoms with Crippen molar-refractivity contribution >= 4 is 17.9 Å². The van der Waals surface area contributed by atoms with E-state index < -0.39 is 6.10 Å². The fraction of sp³-hybridized carbons (Fsp3) is 0.649. The van der Waals surface area contributed by atoms with Gasteiger partial charge in [0.1, 0.15) is 13.2 Å². The molecule has 0 aliphatic heterocycles. The molecule has 6 heteroatoms. The second-order valence-corrected chi connectivity index (χ2v) is 22.3. The third-order valence-electron chi connectivity index (χ3n) is 14.3.